The molecule has 3 N–H and O–H groups in total. The minimum Gasteiger partial charge on any atom is -0.480 e. The summed E-state index contributed by atoms with van der Waals surface area (Å²) >= 11 is 0. The van der Waals surface area contributed by atoms with Crippen molar-refractivity contribution in [1.82, 2.24) is 0 Å². The fraction of sp³-hybridized carbons (Fsp3) is 0.677. The summed E-state index contributed by atoms with van der Waals surface area (Å²) in [7, 11) is 0. The molecule has 0 aliphatic carbocycles. The van der Waals surface area contributed by atoms with Gasteiger partial charge in [0.05, 0.1) is 17.3 Å². The predicted molar refractivity (Wildman–Crippen MR) is 153 cm³/mol. The van der Waals surface area contributed by atoms with E-state index in [9.17, 15) is 24.3 Å². The first-order valence-electron chi connectivity index (χ1n) is 14.1. The van der Waals surface area contributed by atoms with Crippen molar-refractivity contribution in [2.45, 2.75) is 101 Å². The van der Waals surface area contributed by atoms with Gasteiger partial charge in [-0.3, -0.25) is 19.2 Å². The molecule has 1 aromatic rings. The molecular formula is C31H49NO8. The molecule has 0 fully saturated rings. The summed E-state index contributed by atoms with van der Waals surface area (Å²) < 4.78 is 17.1. The monoisotopic (exact) mass is 563 g/mol. The van der Waals surface area contributed by atoms with Crippen LogP contribution in [0.2, 0.25) is 0 Å². The van der Waals surface area contributed by atoms with Crippen LogP contribution in [-0.2, 0) is 23.9 Å². The van der Waals surface area contributed by atoms with E-state index in [1.165, 1.54) is 12.1 Å². The predicted octanol–water partition coefficient (Wildman–Crippen LogP) is 5.58. The van der Waals surface area contributed by atoms with E-state index in [1.54, 1.807) is 47.6 Å². The summed E-state index contributed by atoms with van der Waals surface area (Å²) in [5, 5.41) is 9.84. The van der Waals surface area contributed by atoms with Gasteiger partial charge in [0.25, 0.3) is 0 Å². The Balaban J connectivity index is 3.58. The standard InChI is InChI=1S/C31H49NO8/c1-12-31(10,11)30(37)38-21(9)20(8)25(26(32)27(33)34)22-13-14-23(39-28(35)18(6)16(2)3)24(15-22)40-29(36)19(7)17(4)5/h13-21,25-26H,12,32H2,1-11H3,(H,33,34)/t18?,19?,20?,21?,25?,26-/m0/s1. The zero-order valence-corrected chi connectivity index (χ0v) is 25.9. The maximum Gasteiger partial charge on any atom is 0.321 e. The molecule has 0 radical (unpaired) electrons. The van der Waals surface area contributed by atoms with Gasteiger partial charge in [-0.2, -0.15) is 0 Å². The van der Waals surface area contributed by atoms with Crippen molar-refractivity contribution in [1.29, 1.82) is 0 Å². The lowest BCUT2D eigenvalue weighted by atomic mass is 9.79. The van der Waals surface area contributed by atoms with Crippen molar-refractivity contribution >= 4 is 23.9 Å². The van der Waals surface area contributed by atoms with Gasteiger partial charge < -0.3 is 25.1 Å². The fourth-order valence-electron chi connectivity index (χ4n) is 3.71. The fourth-order valence-corrected chi connectivity index (χ4v) is 3.71. The zero-order valence-electron chi connectivity index (χ0n) is 25.9. The minimum atomic E-state index is -1.36. The highest BCUT2D eigenvalue weighted by Gasteiger charge is 2.38. The second kappa shape index (κ2) is 14.6. The average molecular weight is 564 g/mol. The van der Waals surface area contributed by atoms with Crippen molar-refractivity contribution in [3.63, 3.8) is 0 Å². The van der Waals surface area contributed by atoms with Gasteiger partial charge in [0.15, 0.2) is 11.5 Å². The molecule has 0 bridgehead atoms. The molecule has 0 aromatic heterocycles. The maximum atomic E-state index is 12.9. The minimum absolute atomic E-state index is 0.00115. The van der Waals surface area contributed by atoms with E-state index in [0.717, 1.165) is 0 Å². The van der Waals surface area contributed by atoms with E-state index in [2.05, 4.69) is 0 Å². The van der Waals surface area contributed by atoms with E-state index in [1.807, 2.05) is 34.6 Å². The first-order valence-corrected chi connectivity index (χ1v) is 14.1. The lowest BCUT2D eigenvalue weighted by Gasteiger charge is -2.33. The van der Waals surface area contributed by atoms with E-state index in [0.29, 0.717) is 12.0 Å². The van der Waals surface area contributed by atoms with Crippen molar-refractivity contribution < 1.29 is 38.5 Å². The molecule has 226 valence electrons. The molecule has 6 atom stereocenters. The van der Waals surface area contributed by atoms with Crippen LogP contribution in [0, 0.1) is 35.0 Å². The molecule has 1 aromatic carbocycles. The number of carboxylic acid groups (broad SMARTS) is 1. The number of carbonyl (C=O) groups is 4. The van der Waals surface area contributed by atoms with Gasteiger partial charge >= 0.3 is 23.9 Å². The second-order valence-corrected chi connectivity index (χ2v) is 12.2. The molecule has 0 heterocycles. The van der Waals surface area contributed by atoms with E-state index >= 15 is 0 Å². The van der Waals surface area contributed by atoms with Crippen LogP contribution in [0.4, 0.5) is 0 Å². The van der Waals surface area contributed by atoms with Crippen LogP contribution in [0.3, 0.4) is 0 Å². The number of hydrogen-bond acceptors (Lipinski definition) is 8. The normalized spacial score (nSPS) is 16.4. The Hall–Kier alpha value is -2.94. The number of carboxylic acids is 1. The Morgan fingerprint density at radius 3 is 1.75 bits per heavy atom. The molecule has 0 saturated carbocycles. The molecule has 9 nitrogen and oxygen atoms in total. The van der Waals surface area contributed by atoms with Gasteiger partial charge in [-0.1, -0.05) is 61.5 Å². The summed E-state index contributed by atoms with van der Waals surface area (Å²) in [6, 6.07) is 3.21. The van der Waals surface area contributed by atoms with Crippen LogP contribution in [0.5, 0.6) is 11.5 Å². The molecule has 0 aliphatic heterocycles. The van der Waals surface area contributed by atoms with Crippen molar-refractivity contribution in [3.8, 4) is 11.5 Å². The number of benzene rings is 1. The Kier molecular flexibility index (Phi) is 12.8. The van der Waals surface area contributed by atoms with Crippen LogP contribution in [0.15, 0.2) is 18.2 Å². The van der Waals surface area contributed by atoms with Gasteiger partial charge in [0.2, 0.25) is 0 Å². The quantitative estimate of drug-likeness (QED) is 0.219. The van der Waals surface area contributed by atoms with Crippen molar-refractivity contribution in [3.05, 3.63) is 23.8 Å². The summed E-state index contributed by atoms with van der Waals surface area (Å²) in [4.78, 5) is 50.5. The summed E-state index contributed by atoms with van der Waals surface area (Å²) in [5.41, 5.74) is 5.91. The third kappa shape index (κ3) is 9.04. The third-order valence-electron chi connectivity index (χ3n) is 8.23. The maximum absolute atomic E-state index is 12.9. The molecule has 40 heavy (non-hydrogen) atoms. The molecule has 0 spiro atoms. The Labute approximate surface area is 239 Å². The lowest BCUT2D eigenvalue weighted by molar-refractivity contribution is -0.162. The number of aliphatic carboxylic acids is 1. The third-order valence-corrected chi connectivity index (χ3v) is 8.23. The molecule has 1 rings (SSSR count). The van der Waals surface area contributed by atoms with Crippen LogP contribution < -0.4 is 15.2 Å². The highest BCUT2D eigenvalue weighted by atomic mass is 16.6. The number of rotatable bonds is 14. The number of carbonyl (C=O) groups excluding carboxylic acids is 3. The Bertz CT molecular complexity index is 1050. The van der Waals surface area contributed by atoms with E-state index in [-0.39, 0.29) is 23.3 Å². The number of esters is 3. The van der Waals surface area contributed by atoms with Gasteiger partial charge in [-0.05, 0) is 56.7 Å². The Morgan fingerprint density at radius 2 is 1.32 bits per heavy atom. The van der Waals surface area contributed by atoms with Crippen molar-refractivity contribution in [2.75, 3.05) is 0 Å². The number of nitrogens with two attached hydrogens (primary N) is 1. The first-order chi connectivity index (χ1) is 18.3. The topological polar surface area (TPSA) is 142 Å². The smallest absolute Gasteiger partial charge is 0.321 e. The highest BCUT2D eigenvalue weighted by Crippen LogP contribution is 2.38. The highest BCUT2D eigenvalue weighted by molar-refractivity contribution is 5.79. The molecule has 0 saturated heterocycles. The number of ether oxygens (including phenoxy) is 3. The lowest BCUT2D eigenvalue weighted by Crippen LogP contribution is -2.43. The van der Waals surface area contributed by atoms with E-state index < -0.39 is 65.1 Å². The average Bonchev–Trinajstić information content (AvgIpc) is 2.88. The second-order valence-electron chi connectivity index (χ2n) is 12.2. The summed E-state index contributed by atoms with van der Waals surface area (Å²) in [5.74, 6) is -4.78. The summed E-state index contributed by atoms with van der Waals surface area (Å²) in [6.07, 6.45) is -0.102. The van der Waals surface area contributed by atoms with Crippen LogP contribution >= 0.6 is 0 Å². The molecule has 0 amide bonds. The van der Waals surface area contributed by atoms with E-state index in [4.69, 9.17) is 19.9 Å². The first kappa shape index (κ1) is 35.1. The van der Waals surface area contributed by atoms with Crippen molar-refractivity contribution in [2.24, 2.45) is 40.7 Å². The molecule has 0 aliphatic rings. The van der Waals surface area contributed by atoms with Gasteiger partial charge in [-0.15, -0.1) is 0 Å². The molecular weight excluding hydrogens is 514 g/mol. The van der Waals surface area contributed by atoms with Gasteiger partial charge in [0, 0.05) is 11.8 Å². The Morgan fingerprint density at radius 1 is 0.850 bits per heavy atom. The van der Waals surface area contributed by atoms with Gasteiger partial charge in [0.1, 0.15) is 12.1 Å². The van der Waals surface area contributed by atoms with Crippen LogP contribution in [0.1, 0.15) is 94.1 Å². The SMILES string of the molecule is CCC(C)(C)C(=O)OC(C)C(C)C(c1ccc(OC(=O)C(C)C(C)C)c(OC(=O)C(C)C(C)C)c1)[C@H](N)C(=O)O. The van der Waals surface area contributed by atoms with Crippen LogP contribution in [0.25, 0.3) is 0 Å². The number of hydrogen-bond donors (Lipinski definition) is 2. The summed E-state index contributed by atoms with van der Waals surface area (Å²) in [6.45, 7) is 20.0. The molecule has 5 unspecified atom stereocenters. The zero-order chi connectivity index (χ0) is 31.1. The van der Waals surface area contributed by atoms with Gasteiger partial charge in [-0.25, -0.2) is 0 Å². The largest absolute Gasteiger partial charge is 0.480 e. The van der Waals surface area contributed by atoms with Crippen LogP contribution in [-0.4, -0.2) is 41.1 Å². The molecule has 9 heteroatoms.